The van der Waals surface area contributed by atoms with Crippen LogP contribution in [0.25, 0.3) is 0 Å². The zero-order valence-corrected chi connectivity index (χ0v) is 11.6. The molecule has 0 saturated carbocycles. The Kier molecular flexibility index (Phi) is 7.54. The van der Waals surface area contributed by atoms with Crippen LogP contribution >= 0.6 is 0 Å². The van der Waals surface area contributed by atoms with Gasteiger partial charge in [0.15, 0.2) is 5.60 Å². The minimum Gasteiger partial charge on any atom is -0.467 e. The molecule has 0 aliphatic heterocycles. The highest BCUT2D eigenvalue weighted by Crippen LogP contribution is 2.03. The van der Waals surface area contributed by atoms with Crippen molar-refractivity contribution >= 4 is 11.9 Å². The summed E-state index contributed by atoms with van der Waals surface area (Å²) >= 11 is 0. The van der Waals surface area contributed by atoms with E-state index in [9.17, 15) is 14.7 Å². The lowest BCUT2D eigenvalue weighted by molar-refractivity contribution is -0.159. The van der Waals surface area contributed by atoms with E-state index in [0.29, 0.717) is 13.0 Å². The number of amides is 1. The standard InChI is InChI=1S/C12H24N2O4/c1-5-9(2)14-10(15)6-7-13-8-12(3,17)11(16)18-4/h9,13,17H,5-8H2,1-4H3,(H,14,15). The maximum Gasteiger partial charge on any atom is 0.338 e. The fourth-order valence-electron chi connectivity index (χ4n) is 1.27. The number of nitrogens with one attached hydrogen (secondary N) is 2. The number of esters is 1. The number of methoxy groups -OCH3 is 1. The Morgan fingerprint density at radius 2 is 2.06 bits per heavy atom. The second-order valence-corrected chi connectivity index (χ2v) is 4.57. The van der Waals surface area contributed by atoms with Gasteiger partial charge in [-0.2, -0.15) is 0 Å². The van der Waals surface area contributed by atoms with Gasteiger partial charge in [0.05, 0.1) is 7.11 Å². The number of aliphatic hydroxyl groups is 1. The van der Waals surface area contributed by atoms with Crippen LogP contribution in [0, 0.1) is 0 Å². The first-order valence-electron chi connectivity index (χ1n) is 6.14. The van der Waals surface area contributed by atoms with Crippen molar-refractivity contribution in [2.75, 3.05) is 20.2 Å². The summed E-state index contributed by atoms with van der Waals surface area (Å²) in [6.45, 7) is 5.75. The quantitative estimate of drug-likeness (QED) is 0.416. The topological polar surface area (TPSA) is 87.7 Å². The number of carbonyl (C=O) groups excluding carboxylic acids is 2. The molecule has 0 aromatic rings. The predicted molar refractivity (Wildman–Crippen MR) is 68.0 cm³/mol. The molecule has 3 N–H and O–H groups in total. The highest BCUT2D eigenvalue weighted by molar-refractivity contribution is 5.79. The number of carbonyl (C=O) groups is 2. The Labute approximate surface area is 108 Å². The number of hydrogen-bond acceptors (Lipinski definition) is 5. The van der Waals surface area contributed by atoms with Crippen LogP contribution in [0.15, 0.2) is 0 Å². The second kappa shape index (κ2) is 8.05. The molecule has 1 amide bonds. The fraction of sp³-hybridized carbons (Fsp3) is 0.833. The molecule has 0 heterocycles. The second-order valence-electron chi connectivity index (χ2n) is 4.57. The van der Waals surface area contributed by atoms with E-state index in [1.54, 1.807) is 0 Å². The van der Waals surface area contributed by atoms with Crippen LogP contribution in [0.2, 0.25) is 0 Å². The molecule has 0 aromatic carbocycles. The van der Waals surface area contributed by atoms with Crippen LogP contribution in [-0.4, -0.2) is 48.8 Å². The van der Waals surface area contributed by atoms with E-state index < -0.39 is 11.6 Å². The summed E-state index contributed by atoms with van der Waals surface area (Å²) in [5, 5.41) is 15.4. The summed E-state index contributed by atoms with van der Waals surface area (Å²) in [7, 11) is 1.22. The molecule has 6 heteroatoms. The molecule has 18 heavy (non-hydrogen) atoms. The van der Waals surface area contributed by atoms with E-state index in [1.165, 1.54) is 14.0 Å². The van der Waals surface area contributed by atoms with Crippen LogP contribution in [0.1, 0.15) is 33.6 Å². The van der Waals surface area contributed by atoms with Gasteiger partial charge >= 0.3 is 5.97 Å². The lowest BCUT2D eigenvalue weighted by Crippen LogP contribution is -2.46. The van der Waals surface area contributed by atoms with Crippen molar-refractivity contribution in [2.24, 2.45) is 0 Å². The van der Waals surface area contributed by atoms with E-state index in [4.69, 9.17) is 0 Å². The van der Waals surface area contributed by atoms with Crippen molar-refractivity contribution in [1.29, 1.82) is 0 Å². The van der Waals surface area contributed by atoms with E-state index in [1.807, 2.05) is 13.8 Å². The molecule has 0 spiro atoms. The van der Waals surface area contributed by atoms with Gasteiger partial charge in [0.1, 0.15) is 0 Å². The fourth-order valence-corrected chi connectivity index (χ4v) is 1.27. The minimum absolute atomic E-state index is 0.0467. The van der Waals surface area contributed by atoms with Gasteiger partial charge in [-0.15, -0.1) is 0 Å². The summed E-state index contributed by atoms with van der Waals surface area (Å²) in [6.07, 6.45) is 1.19. The largest absolute Gasteiger partial charge is 0.467 e. The molecule has 0 bridgehead atoms. The first-order chi connectivity index (χ1) is 8.33. The number of rotatable bonds is 8. The molecule has 2 atom stereocenters. The molecule has 2 unspecified atom stereocenters. The van der Waals surface area contributed by atoms with Crippen LogP contribution in [0.3, 0.4) is 0 Å². The average Bonchev–Trinajstić information content (AvgIpc) is 2.33. The molecule has 0 aromatic heterocycles. The maximum atomic E-state index is 11.4. The van der Waals surface area contributed by atoms with Gasteiger partial charge in [-0.05, 0) is 20.3 Å². The zero-order valence-electron chi connectivity index (χ0n) is 11.6. The first-order valence-corrected chi connectivity index (χ1v) is 6.14. The van der Waals surface area contributed by atoms with Gasteiger partial charge in [0, 0.05) is 25.6 Å². The Morgan fingerprint density at radius 1 is 1.44 bits per heavy atom. The van der Waals surface area contributed by atoms with Gasteiger partial charge in [0.2, 0.25) is 5.91 Å². The Hall–Kier alpha value is -1.14. The van der Waals surface area contributed by atoms with E-state index in [-0.39, 0.29) is 18.5 Å². The Bertz CT molecular complexity index is 279. The molecular weight excluding hydrogens is 236 g/mol. The molecule has 6 nitrogen and oxygen atoms in total. The smallest absolute Gasteiger partial charge is 0.338 e. The third-order valence-electron chi connectivity index (χ3n) is 2.64. The Morgan fingerprint density at radius 3 is 2.56 bits per heavy atom. The normalized spacial score (nSPS) is 15.6. The predicted octanol–water partition coefficient (Wildman–Crippen LogP) is -0.195. The monoisotopic (exact) mass is 260 g/mol. The molecule has 0 aliphatic rings. The van der Waals surface area contributed by atoms with Gasteiger partial charge in [-0.1, -0.05) is 6.92 Å². The van der Waals surface area contributed by atoms with Crippen LogP contribution in [0.5, 0.6) is 0 Å². The lowest BCUT2D eigenvalue weighted by Gasteiger charge is -2.20. The molecule has 0 fully saturated rings. The van der Waals surface area contributed by atoms with E-state index in [0.717, 1.165) is 6.42 Å². The van der Waals surface area contributed by atoms with Crippen molar-refractivity contribution < 1.29 is 19.4 Å². The van der Waals surface area contributed by atoms with Crippen LogP contribution in [0.4, 0.5) is 0 Å². The highest BCUT2D eigenvalue weighted by atomic mass is 16.5. The van der Waals surface area contributed by atoms with Crippen molar-refractivity contribution in [2.45, 2.75) is 45.3 Å². The molecule has 106 valence electrons. The van der Waals surface area contributed by atoms with Gasteiger partial charge in [0.25, 0.3) is 0 Å². The van der Waals surface area contributed by atoms with Crippen LogP contribution in [-0.2, 0) is 14.3 Å². The molecule has 0 radical (unpaired) electrons. The van der Waals surface area contributed by atoms with Gasteiger partial charge < -0.3 is 20.5 Å². The van der Waals surface area contributed by atoms with Crippen molar-refractivity contribution in [3.8, 4) is 0 Å². The summed E-state index contributed by atoms with van der Waals surface area (Å²) in [6, 6.07) is 0.163. The van der Waals surface area contributed by atoms with Gasteiger partial charge in [-0.25, -0.2) is 4.79 Å². The van der Waals surface area contributed by atoms with E-state index in [2.05, 4.69) is 15.4 Å². The third kappa shape index (κ3) is 6.56. The van der Waals surface area contributed by atoms with Crippen molar-refractivity contribution in [3.63, 3.8) is 0 Å². The summed E-state index contributed by atoms with van der Waals surface area (Å²) < 4.78 is 4.45. The number of hydrogen-bond donors (Lipinski definition) is 3. The average molecular weight is 260 g/mol. The summed E-state index contributed by atoms with van der Waals surface area (Å²) in [4.78, 5) is 22.6. The third-order valence-corrected chi connectivity index (χ3v) is 2.64. The maximum absolute atomic E-state index is 11.4. The van der Waals surface area contributed by atoms with Crippen molar-refractivity contribution in [1.82, 2.24) is 10.6 Å². The molecule has 0 aliphatic carbocycles. The molecule has 0 saturated heterocycles. The summed E-state index contributed by atoms with van der Waals surface area (Å²) in [5.74, 6) is -0.742. The number of ether oxygens (including phenoxy) is 1. The Balaban J connectivity index is 3.80. The van der Waals surface area contributed by atoms with Gasteiger partial charge in [-0.3, -0.25) is 4.79 Å². The first kappa shape index (κ1) is 16.9. The van der Waals surface area contributed by atoms with Crippen molar-refractivity contribution in [3.05, 3.63) is 0 Å². The SMILES string of the molecule is CCC(C)NC(=O)CCNCC(C)(O)C(=O)OC. The van der Waals surface area contributed by atoms with Crippen LogP contribution < -0.4 is 10.6 Å². The highest BCUT2D eigenvalue weighted by Gasteiger charge is 2.30. The molecular formula is C12H24N2O4. The lowest BCUT2D eigenvalue weighted by atomic mass is 10.1. The molecule has 0 rings (SSSR count). The zero-order chi connectivity index (χ0) is 14.2. The summed E-state index contributed by atoms with van der Waals surface area (Å²) in [5.41, 5.74) is -1.57. The van der Waals surface area contributed by atoms with E-state index >= 15 is 0 Å². The minimum atomic E-state index is -1.57.